The SMILES string of the molecule is O=C(CSc1nnc(-c2ccc(Br)cc2)n1-c1ccccc1)N/N=C\c1ccccc1F. The summed E-state index contributed by atoms with van der Waals surface area (Å²) in [6, 6.07) is 23.7. The summed E-state index contributed by atoms with van der Waals surface area (Å²) >= 11 is 4.68. The number of nitrogens with zero attached hydrogens (tertiary/aromatic N) is 4. The first-order valence-corrected chi connectivity index (χ1v) is 11.4. The van der Waals surface area contributed by atoms with Crippen LogP contribution in [0.15, 0.2) is 93.6 Å². The molecule has 0 aliphatic rings. The number of carbonyl (C=O) groups is 1. The van der Waals surface area contributed by atoms with Crippen molar-refractivity contribution in [2.24, 2.45) is 5.10 Å². The third-order valence-corrected chi connectivity index (χ3v) is 5.84. The number of hydrogen-bond donors (Lipinski definition) is 1. The number of hydrazone groups is 1. The molecule has 32 heavy (non-hydrogen) atoms. The van der Waals surface area contributed by atoms with Gasteiger partial charge in [0, 0.05) is 21.3 Å². The van der Waals surface area contributed by atoms with E-state index in [4.69, 9.17) is 0 Å². The second-order valence-corrected chi connectivity index (χ2v) is 8.45. The average molecular weight is 510 g/mol. The standard InChI is InChI=1S/C23H17BrFN5OS/c24-18-12-10-16(11-13-18)22-28-29-23(30(22)19-7-2-1-3-8-19)32-15-21(31)27-26-14-17-6-4-5-9-20(17)25/h1-14H,15H2,(H,27,31)/b26-14-. The van der Waals surface area contributed by atoms with Crippen LogP contribution in [0.1, 0.15) is 5.56 Å². The zero-order valence-electron chi connectivity index (χ0n) is 16.7. The largest absolute Gasteiger partial charge is 0.272 e. The lowest BCUT2D eigenvalue weighted by atomic mass is 10.2. The van der Waals surface area contributed by atoms with Gasteiger partial charge in [-0.15, -0.1) is 10.2 Å². The number of benzene rings is 3. The van der Waals surface area contributed by atoms with Crippen LogP contribution in [0.25, 0.3) is 17.1 Å². The van der Waals surface area contributed by atoms with Crippen LogP contribution in [-0.4, -0.2) is 32.6 Å². The van der Waals surface area contributed by atoms with E-state index < -0.39 is 5.82 Å². The first-order valence-electron chi connectivity index (χ1n) is 9.58. The lowest BCUT2D eigenvalue weighted by Gasteiger charge is -2.10. The Labute approximate surface area is 196 Å². The van der Waals surface area contributed by atoms with E-state index >= 15 is 0 Å². The van der Waals surface area contributed by atoms with Gasteiger partial charge < -0.3 is 0 Å². The summed E-state index contributed by atoms with van der Waals surface area (Å²) in [5.74, 6) is -0.00390. The van der Waals surface area contributed by atoms with Crippen LogP contribution < -0.4 is 5.43 Å². The third kappa shape index (κ3) is 5.30. The molecule has 0 bridgehead atoms. The summed E-state index contributed by atoms with van der Waals surface area (Å²) < 4.78 is 16.5. The van der Waals surface area contributed by atoms with Gasteiger partial charge in [0.15, 0.2) is 11.0 Å². The Morgan fingerprint density at radius 1 is 1.03 bits per heavy atom. The molecule has 160 valence electrons. The fraction of sp³-hybridized carbons (Fsp3) is 0.0435. The van der Waals surface area contributed by atoms with E-state index in [1.165, 1.54) is 24.0 Å². The van der Waals surface area contributed by atoms with Gasteiger partial charge in [-0.25, -0.2) is 9.82 Å². The average Bonchev–Trinajstić information content (AvgIpc) is 3.24. The molecular weight excluding hydrogens is 493 g/mol. The Balaban J connectivity index is 1.50. The maximum atomic E-state index is 13.6. The first-order chi connectivity index (χ1) is 15.6. The predicted molar refractivity (Wildman–Crippen MR) is 127 cm³/mol. The lowest BCUT2D eigenvalue weighted by molar-refractivity contribution is -0.118. The van der Waals surface area contributed by atoms with Crippen molar-refractivity contribution in [3.63, 3.8) is 0 Å². The molecule has 1 amide bonds. The molecule has 1 heterocycles. The van der Waals surface area contributed by atoms with Crippen molar-refractivity contribution in [1.82, 2.24) is 20.2 Å². The van der Waals surface area contributed by atoms with Crippen LogP contribution >= 0.6 is 27.7 Å². The third-order valence-electron chi connectivity index (χ3n) is 4.38. The molecule has 0 saturated heterocycles. The minimum Gasteiger partial charge on any atom is -0.272 e. The monoisotopic (exact) mass is 509 g/mol. The van der Waals surface area contributed by atoms with E-state index in [0.29, 0.717) is 16.5 Å². The van der Waals surface area contributed by atoms with E-state index in [2.05, 4.69) is 36.7 Å². The second-order valence-electron chi connectivity index (χ2n) is 6.59. The highest BCUT2D eigenvalue weighted by atomic mass is 79.9. The minimum absolute atomic E-state index is 0.0694. The van der Waals surface area contributed by atoms with Gasteiger partial charge in [-0.1, -0.05) is 76.2 Å². The van der Waals surface area contributed by atoms with Crippen LogP contribution in [0.5, 0.6) is 0 Å². The molecule has 0 atom stereocenters. The van der Waals surface area contributed by atoms with Gasteiger partial charge in [-0.3, -0.25) is 9.36 Å². The van der Waals surface area contributed by atoms with E-state index in [1.807, 2.05) is 59.2 Å². The van der Waals surface area contributed by atoms with Crippen LogP contribution in [-0.2, 0) is 4.79 Å². The molecule has 0 radical (unpaired) electrons. The summed E-state index contributed by atoms with van der Waals surface area (Å²) in [6.07, 6.45) is 1.27. The minimum atomic E-state index is -0.406. The van der Waals surface area contributed by atoms with E-state index in [9.17, 15) is 9.18 Å². The molecule has 0 unspecified atom stereocenters. The topological polar surface area (TPSA) is 72.2 Å². The van der Waals surface area contributed by atoms with Gasteiger partial charge in [0.1, 0.15) is 5.82 Å². The number of aromatic nitrogens is 3. The van der Waals surface area contributed by atoms with Crippen molar-refractivity contribution >= 4 is 39.8 Å². The molecule has 1 aromatic heterocycles. The van der Waals surface area contributed by atoms with Crippen LogP contribution in [0, 0.1) is 5.82 Å². The van der Waals surface area contributed by atoms with Crippen molar-refractivity contribution in [2.45, 2.75) is 5.16 Å². The van der Waals surface area contributed by atoms with Crippen molar-refractivity contribution < 1.29 is 9.18 Å². The Bertz CT molecular complexity index is 1240. The Hall–Kier alpha value is -3.30. The first kappa shape index (κ1) is 21.9. The van der Waals surface area contributed by atoms with Gasteiger partial charge in [-0.2, -0.15) is 5.10 Å². The summed E-state index contributed by atoms with van der Waals surface area (Å²) in [7, 11) is 0. The summed E-state index contributed by atoms with van der Waals surface area (Å²) in [4.78, 5) is 12.3. The molecule has 0 saturated carbocycles. The highest BCUT2D eigenvalue weighted by molar-refractivity contribution is 9.10. The molecule has 6 nitrogen and oxygen atoms in total. The molecular formula is C23H17BrFN5OS. The molecule has 0 spiro atoms. The second kappa shape index (κ2) is 10.3. The lowest BCUT2D eigenvalue weighted by Crippen LogP contribution is -2.20. The number of para-hydroxylation sites is 1. The molecule has 9 heteroatoms. The molecule has 3 aromatic carbocycles. The van der Waals surface area contributed by atoms with Crippen LogP contribution in [0.2, 0.25) is 0 Å². The summed E-state index contributed by atoms with van der Waals surface area (Å²) in [6.45, 7) is 0. The molecule has 4 aromatic rings. The highest BCUT2D eigenvalue weighted by Crippen LogP contribution is 2.28. The maximum Gasteiger partial charge on any atom is 0.250 e. The zero-order valence-corrected chi connectivity index (χ0v) is 19.1. The number of hydrogen-bond acceptors (Lipinski definition) is 5. The van der Waals surface area contributed by atoms with Gasteiger partial charge in [0.25, 0.3) is 5.91 Å². The fourth-order valence-corrected chi connectivity index (χ4v) is 3.88. The molecule has 1 N–H and O–H groups in total. The predicted octanol–water partition coefficient (Wildman–Crippen LogP) is 5.08. The number of halogens is 2. The number of rotatable bonds is 7. The quantitative estimate of drug-likeness (QED) is 0.214. The van der Waals surface area contributed by atoms with Crippen molar-refractivity contribution in [3.05, 3.63) is 94.7 Å². The molecule has 0 aliphatic carbocycles. The zero-order chi connectivity index (χ0) is 22.3. The Morgan fingerprint density at radius 3 is 2.50 bits per heavy atom. The Kier molecular flexibility index (Phi) is 7.08. The van der Waals surface area contributed by atoms with Gasteiger partial charge in [0.05, 0.1) is 12.0 Å². The Morgan fingerprint density at radius 2 is 1.75 bits per heavy atom. The normalized spacial score (nSPS) is 11.1. The summed E-state index contributed by atoms with van der Waals surface area (Å²) in [5.41, 5.74) is 4.49. The number of nitrogens with one attached hydrogen (secondary N) is 1. The number of amides is 1. The smallest absolute Gasteiger partial charge is 0.250 e. The van der Waals surface area contributed by atoms with E-state index in [1.54, 1.807) is 18.2 Å². The fourth-order valence-electron chi connectivity index (χ4n) is 2.88. The van der Waals surface area contributed by atoms with Gasteiger partial charge >= 0.3 is 0 Å². The number of carbonyl (C=O) groups excluding carboxylic acids is 1. The molecule has 4 rings (SSSR count). The van der Waals surface area contributed by atoms with Crippen molar-refractivity contribution in [2.75, 3.05) is 5.75 Å². The molecule has 0 aliphatic heterocycles. The maximum absolute atomic E-state index is 13.6. The van der Waals surface area contributed by atoms with E-state index in [-0.39, 0.29) is 11.7 Å². The van der Waals surface area contributed by atoms with Crippen molar-refractivity contribution in [1.29, 1.82) is 0 Å². The molecule has 0 fully saturated rings. The highest BCUT2D eigenvalue weighted by Gasteiger charge is 2.17. The van der Waals surface area contributed by atoms with Crippen LogP contribution in [0.4, 0.5) is 4.39 Å². The number of thioether (sulfide) groups is 1. The van der Waals surface area contributed by atoms with Crippen LogP contribution in [0.3, 0.4) is 0 Å². The van der Waals surface area contributed by atoms with Crippen molar-refractivity contribution in [3.8, 4) is 17.1 Å². The van der Waals surface area contributed by atoms with E-state index in [0.717, 1.165) is 15.7 Å². The van der Waals surface area contributed by atoms with Gasteiger partial charge in [-0.05, 0) is 30.3 Å². The summed E-state index contributed by atoms with van der Waals surface area (Å²) in [5, 5.41) is 13.1. The van der Waals surface area contributed by atoms with Gasteiger partial charge in [0.2, 0.25) is 0 Å².